The van der Waals surface area contributed by atoms with Crippen LogP contribution in [-0.2, 0) is 9.53 Å². The molecule has 0 saturated heterocycles. The van der Waals surface area contributed by atoms with Crippen molar-refractivity contribution in [3.05, 3.63) is 58.3 Å². The molecule has 3 aromatic rings. The zero-order valence-corrected chi connectivity index (χ0v) is 16.8. The molecule has 0 spiro atoms. The van der Waals surface area contributed by atoms with E-state index in [1.54, 1.807) is 12.1 Å². The number of aromatic hydroxyl groups is 1. The highest BCUT2D eigenvalue weighted by molar-refractivity contribution is 5.90. The van der Waals surface area contributed by atoms with Crippen molar-refractivity contribution in [1.82, 2.24) is 0 Å². The molecular formula is C23H22O7. The van der Waals surface area contributed by atoms with E-state index in [9.17, 15) is 19.8 Å². The van der Waals surface area contributed by atoms with Gasteiger partial charge in [0.15, 0.2) is 5.43 Å². The molecule has 0 radical (unpaired) electrons. The molecule has 0 bridgehead atoms. The Morgan fingerprint density at radius 1 is 1.23 bits per heavy atom. The Bertz CT molecular complexity index is 1170. The molecule has 2 aromatic carbocycles. The molecule has 0 fully saturated rings. The summed E-state index contributed by atoms with van der Waals surface area (Å²) in [6.07, 6.45) is -0.949. The first kappa shape index (κ1) is 20.0. The van der Waals surface area contributed by atoms with Crippen molar-refractivity contribution in [1.29, 1.82) is 0 Å². The van der Waals surface area contributed by atoms with E-state index in [0.29, 0.717) is 22.6 Å². The normalized spacial score (nSPS) is 16.7. The Labute approximate surface area is 172 Å². The highest BCUT2D eigenvalue weighted by atomic mass is 16.6. The van der Waals surface area contributed by atoms with E-state index in [4.69, 9.17) is 13.9 Å². The first-order chi connectivity index (χ1) is 14.2. The molecule has 2 unspecified atom stereocenters. The van der Waals surface area contributed by atoms with E-state index in [0.717, 1.165) is 0 Å². The first-order valence-electron chi connectivity index (χ1n) is 9.58. The van der Waals surface area contributed by atoms with E-state index >= 15 is 0 Å². The Balaban J connectivity index is 1.98. The lowest BCUT2D eigenvalue weighted by Crippen LogP contribution is -2.44. The Kier molecular flexibility index (Phi) is 4.78. The maximum atomic E-state index is 12.8. The zero-order chi connectivity index (χ0) is 21.6. The van der Waals surface area contributed by atoms with Crippen molar-refractivity contribution in [2.75, 3.05) is 6.61 Å². The monoisotopic (exact) mass is 410 g/mol. The third kappa shape index (κ3) is 3.41. The van der Waals surface area contributed by atoms with E-state index in [-0.39, 0.29) is 23.3 Å². The number of benzene rings is 2. The predicted octanol–water partition coefficient (Wildman–Crippen LogP) is 3.34. The number of phenolic OH excluding ortho intramolecular Hbond substituents is 1. The number of phenols is 1. The Morgan fingerprint density at radius 2 is 1.93 bits per heavy atom. The van der Waals surface area contributed by atoms with Crippen LogP contribution in [0.4, 0.5) is 0 Å². The Morgan fingerprint density at radius 3 is 2.57 bits per heavy atom. The van der Waals surface area contributed by atoms with Gasteiger partial charge in [-0.3, -0.25) is 9.59 Å². The van der Waals surface area contributed by atoms with Crippen LogP contribution in [0.3, 0.4) is 0 Å². The third-order valence-corrected chi connectivity index (χ3v) is 5.18. The van der Waals surface area contributed by atoms with Gasteiger partial charge in [0, 0.05) is 30.2 Å². The summed E-state index contributed by atoms with van der Waals surface area (Å²) in [5.74, 6) is -0.755. The molecule has 7 heteroatoms. The van der Waals surface area contributed by atoms with Crippen LogP contribution >= 0.6 is 0 Å². The number of carbonyl (C=O) groups excluding carboxylic acids is 1. The topological polar surface area (TPSA) is 106 Å². The summed E-state index contributed by atoms with van der Waals surface area (Å²) in [5, 5.41) is 21.1. The van der Waals surface area contributed by atoms with Gasteiger partial charge in [0.05, 0.1) is 18.1 Å². The van der Waals surface area contributed by atoms with Crippen molar-refractivity contribution < 1.29 is 28.9 Å². The van der Waals surface area contributed by atoms with Gasteiger partial charge in [0.1, 0.15) is 34.3 Å². The fourth-order valence-corrected chi connectivity index (χ4v) is 3.93. The average molecular weight is 410 g/mol. The molecule has 1 aromatic heterocycles. The van der Waals surface area contributed by atoms with Gasteiger partial charge in [-0.2, -0.15) is 0 Å². The predicted molar refractivity (Wildman–Crippen MR) is 110 cm³/mol. The SMILES string of the molecule is CC(=O)OC(C1COc2cc(O)c3c(=O)cc(-c4ccccc4)oc3c21)C(C)(C)O. The lowest BCUT2D eigenvalue weighted by Gasteiger charge is -2.32. The second-order valence-electron chi connectivity index (χ2n) is 7.95. The second kappa shape index (κ2) is 7.18. The smallest absolute Gasteiger partial charge is 0.303 e. The van der Waals surface area contributed by atoms with E-state index in [1.165, 1.54) is 32.9 Å². The number of fused-ring (bicyclic) bond motifs is 3. The maximum absolute atomic E-state index is 12.8. The third-order valence-electron chi connectivity index (χ3n) is 5.18. The average Bonchev–Trinajstić information content (AvgIpc) is 3.08. The fraction of sp³-hybridized carbons (Fsp3) is 0.304. The van der Waals surface area contributed by atoms with Crippen LogP contribution in [0.1, 0.15) is 32.3 Å². The number of hydrogen-bond donors (Lipinski definition) is 2. The van der Waals surface area contributed by atoms with Crippen LogP contribution in [0, 0.1) is 0 Å². The first-order valence-corrected chi connectivity index (χ1v) is 9.58. The van der Waals surface area contributed by atoms with E-state index < -0.39 is 29.0 Å². The molecule has 4 rings (SSSR count). The minimum Gasteiger partial charge on any atom is -0.507 e. The van der Waals surface area contributed by atoms with Gasteiger partial charge in [-0.1, -0.05) is 30.3 Å². The van der Waals surface area contributed by atoms with Crippen LogP contribution in [-0.4, -0.2) is 34.5 Å². The van der Waals surface area contributed by atoms with Crippen molar-refractivity contribution in [2.45, 2.75) is 38.4 Å². The van der Waals surface area contributed by atoms with Crippen molar-refractivity contribution in [3.63, 3.8) is 0 Å². The molecule has 1 aliphatic heterocycles. The lowest BCUT2D eigenvalue weighted by atomic mass is 9.85. The number of hydrogen-bond acceptors (Lipinski definition) is 7. The molecule has 30 heavy (non-hydrogen) atoms. The van der Waals surface area contributed by atoms with Crippen LogP contribution < -0.4 is 10.2 Å². The number of esters is 1. The van der Waals surface area contributed by atoms with E-state index in [1.807, 2.05) is 18.2 Å². The number of carbonyl (C=O) groups is 1. The summed E-state index contributed by atoms with van der Waals surface area (Å²) in [7, 11) is 0. The summed E-state index contributed by atoms with van der Waals surface area (Å²) in [6, 6.07) is 11.8. The van der Waals surface area contributed by atoms with Crippen molar-refractivity contribution >= 4 is 16.9 Å². The Hall–Kier alpha value is -3.32. The van der Waals surface area contributed by atoms with Gasteiger partial charge in [0.2, 0.25) is 0 Å². The maximum Gasteiger partial charge on any atom is 0.303 e. The molecule has 0 aliphatic carbocycles. The highest BCUT2D eigenvalue weighted by Gasteiger charge is 2.44. The highest BCUT2D eigenvalue weighted by Crippen LogP contribution is 2.46. The van der Waals surface area contributed by atoms with Gasteiger partial charge in [0.25, 0.3) is 0 Å². The summed E-state index contributed by atoms with van der Waals surface area (Å²) in [5.41, 5.74) is -0.467. The van der Waals surface area contributed by atoms with Crippen LogP contribution in [0.15, 0.2) is 51.7 Å². The molecule has 0 amide bonds. The minimum atomic E-state index is -1.39. The van der Waals surface area contributed by atoms with Gasteiger partial charge >= 0.3 is 5.97 Å². The molecule has 156 valence electrons. The number of aliphatic hydroxyl groups is 1. The molecule has 1 aliphatic rings. The number of rotatable bonds is 4. The van der Waals surface area contributed by atoms with Gasteiger partial charge < -0.3 is 24.1 Å². The summed E-state index contributed by atoms with van der Waals surface area (Å²) < 4.78 is 17.2. The number of ether oxygens (including phenoxy) is 2. The van der Waals surface area contributed by atoms with Crippen LogP contribution in [0.25, 0.3) is 22.3 Å². The second-order valence-corrected chi connectivity index (χ2v) is 7.95. The minimum absolute atomic E-state index is 0.0150. The summed E-state index contributed by atoms with van der Waals surface area (Å²) in [6.45, 7) is 4.42. The molecule has 7 nitrogen and oxygen atoms in total. The summed E-state index contributed by atoms with van der Waals surface area (Å²) >= 11 is 0. The molecular weight excluding hydrogens is 388 g/mol. The van der Waals surface area contributed by atoms with Crippen molar-refractivity contribution in [3.8, 4) is 22.8 Å². The molecule has 0 saturated carbocycles. The van der Waals surface area contributed by atoms with Gasteiger partial charge in [-0.25, -0.2) is 0 Å². The zero-order valence-electron chi connectivity index (χ0n) is 16.8. The van der Waals surface area contributed by atoms with Gasteiger partial charge in [-0.15, -0.1) is 0 Å². The fourth-order valence-electron chi connectivity index (χ4n) is 3.93. The largest absolute Gasteiger partial charge is 0.507 e. The van der Waals surface area contributed by atoms with E-state index in [2.05, 4.69) is 0 Å². The van der Waals surface area contributed by atoms with Gasteiger partial charge in [-0.05, 0) is 13.8 Å². The quantitative estimate of drug-likeness (QED) is 0.635. The molecule has 2 heterocycles. The lowest BCUT2D eigenvalue weighted by molar-refractivity contribution is -0.162. The molecule has 2 N–H and O–H groups in total. The standard InChI is InChI=1S/C23H22O7/c1-12(24)29-22(23(2,3)27)14-11-28-18-10-16(26)20-15(25)9-17(30-21(20)19(14)18)13-7-5-4-6-8-13/h4-10,14,22,26-27H,11H2,1-3H3. The van der Waals surface area contributed by atoms with Crippen molar-refractivity contribution in [2.24, 2.45) is 0 Å². The van der Waals surface area contributed by atoms with Crippen LogP contribution in [0.5, 0.6) is 11.5 Å². The van der Waals surface area contributed by atoms with Crippen LogP contribution in [0.2, 0.25) is 0 Å². The summed E-state index contributed by atoms with van der Waals surface area (Å²) in [4.78, 5) is 24.5. The molecule has 2 atom stereocenters.